The SMILES string of the molecule is Fc1ccc(N2CC3(CCCNC3)C2)cc1. The normalized spacial score (nSPS) is 23.2. The first kappa shape index (κ1) is 10.1. The number of hydrogen-bond donors (Lipinski definition) is 1. The molecule has 1 spiro atoms. The molecule has 1 N–H and O–H groups in total. The lowest BCUT2D eigenvalue weighted by Gasteiger charge is -2.53. The molecule has 2 nitrogen and oxygen atoms in total. The Labute approximate surface area is 95.4 Å². The van der Waals surface area contributed by atoms with Crippen molar-refractivity contribution in [1.82, 2.24) is 5.32 Å². The summed E-state index contributed by atoms with van der Waals surface area (Å²) in [6, 6.07) is 6.83. The highest BCUT2D eigenvalue weighted by atomic mass is 19.1. The van der Waals surface area contributed by atoms with E-state index in [2.05, 4.69) is 10.2 Å². The van der Waals surface area contributed by atoms with Crippen LogP contribution in [0.4, 0.5) is 10.1 Å². The molecular formula is C13H17FN2. The van der Waals surface area contributed by atoms with Crippen molar-refractivity contribution in [2.45, 2.75) is 12.8 Å². The van der Waals surface area contributed by atoms with Gasteiger partial charge in [-0.1, -0.05) is 0 Å². The highest BCUT2D eigenvalue weighted by Gasteiger charge is 2.43. The highest BCUT2D eigenvalue weighted by molar-refractivity contribution is 5.50. The van der Waals surface area contributed by atoms with Gasteiger partial charge in [0.1, 0.15) is 5.82 Å². The zero-order valence-corrected chi connectivity index (χ0v) is 9.38. The number of nitrogens with zero attached hydrogens (tertiary/aromatic N) is 1. The van der Waals surface area contributed by atoms with Crippen LogP contribution in [-0.2, 0) is 0 Å². The number of anilines is 1. The third-order valence-corrected chi connectivity index (χ3v) is 3.80. The largest absolute Gasteiger partial charge is 0.370 e. The Bertz CT molecular complexity index is 360. The molecule has 0 saturated carbocycles. The maximum Gasteiger partial charge on any atom is 0.123 e. The minimum Gasteiger partial charge on any atom is -0.370 e. The molecule has 1 aromatic rings. The van der Waals surface area contributed by atoms with Crippen LogP contribution in [0.3, 0.4) is 0 Å². The van der Waals surface area contributed by atoms with Gasteiger partial charge in [-0.3, -0.25) is 0 Å². The predicted molar refractivity (Wildman–Crippen MR) is 63.1 cm³/mol. The Balaban J connectivity index is 1.66. The van der Waals surface area contributed by atoms with Gasteiger partial charge in [-0.25, -0.2) is 4.39 Å². The fourth-order valence-electron chi connectivity index (χ4n) is 2.90. The maximum absolute atomic E-state index is 12.8. The van der Waals surface area contributed by atoms with Crippen molar-refractivity contribution in [3.63, 3.8) is 0 Å². The number of piperidine rings is 1. The van der Waals surface area contributed by atoms with Crippen LogP contribution >= 0.6 is 0 Å². The van der Waals surface area contributed by atoms with Crippen molar-refractivity contribution in [2.24, 2.45) is 5.41 Å². The zero-order chi connectivity index (χ0) is 11.0. The molecule has 2 fully saturated rings. The van der Waals surface area contributed by atoms with Crippen LogP contribution in [0.2, 0.25) is 0 Å². The molecule has 2 saturated heterocycles. The Kier molecular flexibility index (Phi) is 2.36. The van der Waals surface area contributed by atoms with E-state index in [1.807, 2.05) is 12.1 Å². The second kappa shape index (κ2) is 3.74. The molecule has 3 heteroatoms. The first-order chi connectivity index (χ1) is 7.77. The van der Waals surface area contributed by atoms with E-state index in [0.717, 1.165) is 31.9 Å². The second-order valence-corrected chi connectivity index (χ2v) is 5.11. The molecule has 0 aromatic heterocycles. The molecule has 2 heterocycles. The smallest absolute Gasteiger partial charge is 0.123 e. The van der Waals surface area contributed by atoms with Gasteiger partial charge < -0.3 is 10.2 Å². The molecule has 1 aromatic carbocycles. The molecule has 0 amide bonds. The topological polar surface area (TPSA) is 15.3 Å². The van der Waals surface area contributed by atoms with E-state index in [-0.39, 0.29) is 5.82 Å². The van der Waals surface area contributed by atoms with E-state index in [9.17, 15) is 4.39 Å². The van der Waals surface area contributed by atoms with Crippen LogP contribution in [0.25, 0.3) is 0 Å². The summed E-state index contributed by atoms with van der Waals surface area (Å²) in [6.07, 6.45) is 2.62. The van der Waals surface area contributed by atoms with Gasteiger partial charge in [-0.15, -0.1) is 0 Å². The summed E-state index contributed by atoms with van der Waals surface area (Å²) in [6.45, 7) is 4.54. The number of rotatable bonds is 1. The van der Waals surface area contributed by atoms with Gasteiger partial charge in [0.05, 0.1) is 0 Å². The van der Waals surface area contributed by atoms with E-state index in [1.165, 1.54) is 12.8 Å². The minimum atomic E-state index is -0.154. The van der Waals surface area contributed by atoms with E-state index in [4.69, 9.17) is 0 Å². The molecule has 0 atom stereocenters. The van der Waals surface area contributed by atoms with Crippen molar-refractivity contribution >= 4 is 5.69 Å². The first-order valence-corrected chi connectivity index (χ1v) is 5.99. The number of nitrogens with one attached hydrogen (secondary N) is 1. The second-order valence-electron chi connectivity index (χ2n) is 5.11. The quantitative estimate of drug-likeness (QED) is 0.779. The van der Waals surface area contributed by atoms with Crippen molar-refractivity contribution in [3.05, 3.63) is 30.1 Å². The van der Waals surface area contributed by atoms with Crippen molar-refractivity contribution in [2.75, 3.05) is 31.1 Å². The third-order valence-electron chi connectivity index (χ3n) is 3.80. The van der Waals surface area contributed by atoms with Crippen LogP contribution in [0.1, 0.15) is 12.8 Å². The molecule has 0 radical (unpaired) electrons. The maximum atomic E-state index is 12.8. The lowest BCUT2D eigenvalue weighted by atomic mass is 9.74. The monoisotopic (exact) mass is 220 g/mol. The van der Waals surface area contributed by atoms with Gasteiger partial charge in [-0.05, 0) is 43.7 Å². The van der Waals surface area contributed by atoms with Crippen molar-refractivity contribution in [1.29, 1.82) is 0 Å². The summed E-state index contributed by atoms with van der Waals surface area (Å²) in [4.78, 5) is 2.34. The lowest BCUT2D eigenvalue weighted by Crippen LogP contribution is -2.62. The van der Waals surface area contributed by atoms with Gasteiger partial charge >= 0.3 is 0 Å². The van der Waals surface area contributed by atoms with Gasteiger partial charge in [0.25, 0.3) is 0 Å². The van der Waals surface area contributed by atoms with E-state index in [0.29, 0.717) is 5.41 Å². The fourth-order valence-corrected chi connectivity index (χ4v) is 2.90. The molecule has 3 rings (SSSR count). The average molecular weight is 220 g/mol. The van der Waals surface area contributed by atoms with Crippen LogP contribution < -0.4 is 10.2 Å². The van der Waals surface area contributed by atoms with Gasteiger partial charge in [0.15, 0.2) is 0 Å². The van der Waals surface area contributed by atoms with Gasteiger partial charge in [0.2, 0.25) is 0 Å². The molecule has 2 aliphatic rings. The van der Waals surface area contributed by atoms with Crippen LogP contribution in [0.15, 0.2) is 24.3 Å². The molecule has 0 bridgehead atoms. The van der Waals surface area contributed by atoms with Crippen LogP contribution in [0.5, 0.6) is 0 Å². The Hall–Kier alpha value is -1.09. The van der Waals surface area contributed by atoms with Crippen LogP contribution in [-0.4, -0.2) is 26.2 Å². The molecule has 0 aliphatic carbocycles. The standard InChI is InChI=1S/C13H17FN2/c14-11-2-4-12(5-3-11)16-9-13(10-16)6-1-7-15-8-13/h2-5,15H,1,6-10H2. The highest BCUT2D eigenvalue weighted by Crippen LogP contribution is 2.39. The van der Waals surface area contributed by atoms with Crippen molar-refractivity contribution in [3.8, 4) is 0 Å². The van der Waals surface area contributed by atoms with Crippen LogP contribution in [0, 0.1) is 11.2 Å². The summed E-state index contributed by atoms with van der Waals surface area (Å²) in [5.74, 6) is -0.154. The summed E-state index contributed by atoms with van der Waals surface area (Å²) in [7, 11) is 0. The lowest BCUT2D eigenvalue weighted by molar-refractivity contribution is 0.157. The summed E-state index contributed by atoms with van der Waals surface area (Å²) < 4.78 is 12.8. The first-order valence-electron chi connectivity index (χ1n) is 5.99. The molecule has 16 heavy (non-hydrogen) atoms. The van der Waals surface area contributed by atoms with E-state index in [1.54, 1.807) is 12.1 Å². The summed E-state index contributed by atoms with van der Waals surface area (Å²) >= 11 is 0. The zero-order valence-electron chi connectivity index (χ0n) is 9.38. The van der Waals surface area contributed by atoms with Crippen molar-refractivity contribution < 1.29 is 4.39 Å². The Morgan fingerprint density at radius 1 is 1.19 bits per heavy atom. The average Bonchev–Trinajstić information content (AvgIpc) is 2.28. The van der Waals surface area contributed by atoms with Gasteiger partial charge in [-0.2, -0.15) is 0 Å². The summed E-state index contributed by atoms with van der Waals surface area (Å²) in [5.41, 5.74) is 1.64. The number of benzene rings is 1. The minimum absolute atomic E-state index is 0.154. The third kappa shape index (κ3) is 1.69. The fraction of sp³-hybridized carbons (Fsp3) is 0.538. The molecule has 0 unspecified atom stereocenters. The van der Waals surface area contributed by atoms with E-state index >= 15 is 0 Å². The molecule has 2 aliphatic heterocycles. The number of halogens is 1. The predicted octanol–water partition coefficient (Wildman–Crippen LogP) is 2.02. The Morgan fingerprint density at radius 2 is 1.94 bits per heavy atom. The number of hydrogen-bond acceptors (Lipinski definition) is 2. The van der Waals surface area contributed by atoms with E-state index < -0.39 is 0 Å². The Morgan fingerprint density at radius 3 is 2.56 bits per heavy atom. The van der Waals surface area contributed by atoms with Gasteiger partial charge in [0, 0.05) is 30.7 Å². The summed E-state index contributed by atoms with van der Waals surface area (Å²) in [5, 5.41) is 3.47. The molecular weight excluding hydrogens is 203 g/mol. The molecule has 86 valence electrons.